The van der Waals surface area contributed by atoms with Gasteiger partial charge in [-0.05, 0) is 23.9 Å². The lowest BCUT2D eigenvalue weighted by Crippen LogP contribution is -1.67. The van der Waals surface area contributed by atoms with Crippen LogP contribution in [-0.4, -0.2) is 0 Å². The Hall–Kier alpha value is -0.820. The van der Waals surface area contributed by atoms with Gasteiger partial charge in [0.15, 0.2) is 0 Å². The zero-order valence-electron chi connectivity index (χ0n) is 6.00. The molecule has 0 radical (unpaired) electrons. The van der Waals surface area contributed by atoms with Crippen molar-refractivity contribution in [3.8, 4) is 0 Å². The van der Waals surface area contributed by atoms with E-state index in [2.05, 4.69) is 31.0 Å². The molecule has 0 aromatic carbocycles. The quantitative estimate of drug-likeness (QED) is 0.567. The summed E-state index contributed by atoms with van der Waals surface area (Å²) in [6.45, 7) is 5.73. The van der Waals surface area contributed by atoms with Crippen molar-refractivity contribution in [1.82, 2.24) is 0 Å². The smallest absolute Gasteiger partial charge is 0.0299 e. The molecule has 1 aromatic heterocycles. The molecule has 0 aliphatic carbocycles. The summed E-state index contributed by atoms with van der Waals surface area (Å²) in [6.07, 6.45) is 3.83. The average Bonchev–Trinajstić information content (AvgIpc) is 2.38. The van der Waals surface area contributed by atoms with Crippen LogP contribution in [0.5, 0.6) is 0 Å². The second-order valence-electron chi connectivity index (χ2n) is 2.06. The highest BCUT2D eigenvalue weighted by Gasteiger charge is 1.91. The molecule has 1 heteroatoms. The second-order valence-corrected chi connectivity index (χ2v) is 3.01. The molecule has 0 N–H and O–H groups in total. The molecule has 0 amide bonds. The molecule has 0 saturated heterocycles. The first-order chi connectivity index (χ1) is 4.84. The van der Waals surface area contributed by atoms with Crippen LogP contribution >= 0.6 is 11.3 Å². The van der Waals surface area contributed by atoms with Crippen LogP contribution in [0.1, 0.15) is 11.8 Å². The van der Waals surface area contributed by atoms with Gasteiger partial charge in [0.25, 0.3) is 0 Å². The molecule has 0 nitrogen and oxygen atoms in total. The molecular weight excluding hydrogens is 140 g/mol. The summed E-state index contributed by atoms with van der Waals surface area (Å²) in [7, 11) is 0. The van der Waals surface area contributed by atoms with Crippen molar-refractivity contribution in [3.05, 3.63) is 41.1 Å². The summed E-state index contributed by atoms with van der Waals surface area (Å²) in [5, 5.41) is 2.08. The molecule has 1 heterocycles. The lowest BCUT2D eigenvalue weighted by atomic mass is 10.2. The zero-order valence-corrected chi connectivity index (χ0v) is 6.82. The fraction of sp³-hybridized carbons (Fsp3) is 0.111. The molecule has 0 aliphatic rings. The van der Waals surface area contributed by atoms with E-state index in [-0.39, 0.29) is 0 Å². The van der Waals surface area contributed by atoms with Crippen LogP contribution in [0.25, 0.3) is 5.57 Å². The van der Waals surface area contributed by atoms with E-state index in [0.29, 0.717) is 0 Å². The topological polar surface area (TPSA) is 0 Å². The van der Waals surface area contributed by atoms with Crippen LogP contribution in [-0.2, 0) is 0 Å². The van der Waals surface area contributed by atoms with Gasteiger partial charge in [0.1, 0.15) is 0 Å². The maximum atomic E-state index is 3.64. The van der Waals surface area contributed by atoms with Crippen LogP contribution in [0.3, 0.4) is 0 Å². The predicted octanol–water partition coefficient (Wildman–Crippen LogP) is 3.34. The molecule has 0 bridgehead atoms. The summed E-state index contributed by atoms with van der Waals surface area (Å²) in [5.74, 6) is 0. The molecule has 10 heavy (non-hydrogen) atoms. The first-order valence-corrected chi connectivity index (χ1v) is 4.06. The molecule has 52 valence electrons. The van der Waals surface area contributed by atoms with E-state index in [1.165, 1.54) is 10.5 Å². The number of rotatable bonds is 2. The van der Waals surface area contributed by atoms with Crippen LogP contribution in [0, 0.1) is 0 Å². The lowest BCUT2D eigenvalue weighted by molar-refractivity contribution is 1.71. The standard InChI is InChI=1S/C9H10S/c1-3-5-8(2)9-6-4-7-10-9/h3-7H,1H2,2H3/b8-5+. The minimum absolute atomic E-state index is 1.28. The minimum atomic E-state index is 1.28. The van der Waals surface area contributed by atoms with Crippen LogP contribution in [0.2, 0.25) is 0 Å². The van der Waals surface area contributed by atoms with E-state index in [9.17, 15) is 0 Å². The number of thiophene rings is 1. The fourth-order valence-electron chi connectivity index (χ4n) is 0.762. The van der Waals surface area contributed by atoms with Gasteiger partial charge in [-0.15, -0.1) is 11.3 Å². The highest BCUT2D eigenvalue weighted by molar-refractivity contribution is 7.11. The van der Waals surface area contributed by atoms with Crippen molar-refractivity contribution >= 4 is 16.9 Å². The summed E-state index contributed by atoms with van der Waals surface area (Å²) in [4.78, 5) is 1.32. The Kier molecular flexibility index (Phi) is 2.46. The highest BCUT2D eigenvalue weighted by atomic mass is 32.1. The van der Waals surface area contributed by atoms with Crippen molar-refractivity contribution in [3.63, 3.8) is 0 Å². The average molecular weight is 150 g/mol. The molecule has 0 spiro atoms. The Balaban J connectivity index is 2.86. The maximum absolute atomic E-state index is 3.64. The number of allylic oxidation sites excluding steroid dienone is 3. The molecule has 1 rings (SSSR count). The fourth-order valence-corrected chi connectivity index (χ4v) is 1.48. The number of hydrogen-bond acceptors (Lipinski definition) is 1. The third-order valence-electron chi connectivity index (χ3n) is 1.28. The SMILES string of the molecule is C=C/C=C(\C)c1cccs1. The van der Waals surface area contributed by atoms with Crippen molar-refractivity contribution in [2.24, 2.45) is 0 Å². The van der Waals surface area contributed by atoms with Crippen molar-refractivity contribution in [1.29, 1.82) is 0 Å². The minimum Gasteiger partial charge on any atom is -0.144 e. The largest absolute Gasteiger partial charge is 0.144 e. The zero-order chi connectivity index (χ0) is 7.40. The summed E-state index contributed by atoms with van der Waals surface area (Å²) in [6, 6.07) is 4.17. The second kappa shape index (κ2) is 3.37. The van der Waals surface area contributed by atoms with Gasteiger partial charge in [-0.2, -0.15) is 0 Å². The highest BCUT2D eigenvalue weighted by Crippen LogP contribution is 2.18. The Morgan fingerprint density at radius 1 is 1.70 bits per heavy atom. The monoisotopic (exact) mass is 150 g/mol. The summed E-state index contributed by atoms with van der Waals surface area (Å²) in [5.41, 5.74) is 1.28. The van der Waals surface area contributed by atoms with Gasteiger partial charge in [0, 0.05) is 4.88 Å². The van der Waals surface area contributed by atoms with E-state index >= 15 is 0 Å². The molecule has 0 atom stereocenters. The Bertz CT molecular complexity index is 229. The van der Waals surface area contributed by atoms with Gasteiger partial charge in [0.2, 0.25) is 0 Å². The van der Waals surface area contributed by atoms with Gasteiger partial charge < -0.3 is 0 Å². The van der Waals surface area contributed by atoms with E-state index in [1.54, 1.807) is 11.3 Å². The molecule has 0 aliphatic heterocycles. The molecular formula is C9H10S. The Morgan fingerprint density at radius 2 is 2.50 bits per heavy atom. The predicted molar refractivity (Wildman–Crippen MR) is 48.2 cm³/mol. The van der Waals surface area contributed by atoms with Gasteiger partial charge in [-0.25, -0.2) is 0 Å². The number of hydrogen-bond donors (Lipinski definition) is 0. The van der Waals surface area contributed by atoms with Crippen LogP contribution in [0.15, 0.2) is 36.2 Å². The lowest BCUT2D eigenvalue weighted by Gasteiger charge is -1.91. The van der Waals surface area contributed by atoms with Gasteiger partial charge in [-0.3, -0.25) is 0 Å². The Labute approximate surface area is 65.5 Å². The first kappa shape index (κ1) is 7.29. The molecule has 0 saturated carbocycles. The third-order valence-corrected chi connectivity index (χ3v) is 2.28. The van der Waals surface area contributed by atoms with Crippen molar-refractivity contribution in [2.45, 2.75) is 6.92 Å². The molecule has 0 unspecified atom stereocenters. The van der Waals surface area contributed by atoms with Crippen molar-refractivity contribution in [2.75, 3.05) is 0 Å². The van der Waals surface area contributed by atoms with E-state index in [0.717, 1.165) is 0 Å². The molecule has 1 aromatic rings. The maximum Gasteiger partial charge on any atom is 0.0299 e. The normalized spacial score (nSPS) is 11.5. The van der Waals surface area contributed by atoms with Crippen LogP contribution < -0.4 is 0 Å². The van der Waals surface area contributed by atoms with Crippen LogP contribution in [0.4, 0.5) is 0 Å². The molecule has 0 fully saturated rings. The van der Waals surface area contributed by atoms with Gasteiger partial charge in [0.05, 0.1) is 0 Å². The first-order valence-electron chi connectivity index (χ1n) is 3.18. The van der Waals surface area contributed by atoms with Gasteiger partial charge >= 0.3 is 0 Å². The van der Waals surface area contributed by atoms with Crippen molar-refractivity contribution < 1.29 is 0 Å². The third kappa shape index (κ3) is 1.58. The van der Waals surface area contributed by atoms with E-state index in [4.69, 9.17) is 0 Å². The van der Waals surface area contributed by atoms with E-state index in [1.807, 2.05) is 12.2 Å². The van der Waals surface area contributed by atoms with E-state index < -0.39 is 0 Å². The summed E-state index contributed by atoms with van der Waals surface area (Å²) < 4.78 is 0. The Morgan fingerprint density at radius 3 is 3.00 bits per heavy atom. The summed E-state index contributed by atoms with van der Waals surface area (Å²) >= 11 is 1.75. The van der Waals surface area contributed by atoms with Gasteiger partial charge in [-0.1, -0.05) is 24.8 Å².